The van der Waals surface area contributed by atoms with Gasteiger partial charge < -0.3 is 10.4 Å². The largest absolute Gasteiger partial charge is 0.477 e. The van der Waals surface area contributed by atoms with Gasteiger partial charge in [0, 0.05) is 6.42 Å². The van der Waals surface area contributed by atoms with Crippen molar-refractivity contribution >= 4 is 40.5 Å². The molecule has 5 nitrogen and oxygen atoms in total. The van der Waals surface area contributed by atoms with Crippen LogP contribution >= 0.6 is 11.3 Å². The molecule has 0 aliphatic carbocycles. The monoisotopic (exact) mass is 316 g/mol. The molecule has 0 bridgehead atoms. The van der Waals surface area contributed by atoms with E-state index in [4.69, 9.17) is 0 Å². The highest BCUT2D eigenvalue weighted by atomic mass is 32.1. The molecular weight excluding hydrogens is 300 g/mol. The highest BCUT2D eigenvalue weighted by Gasteiger charge is 2.16. The number of benzene rings is 1. The second-order valence-electron chi connectivity index (χ2n) is 4.58. The van der Waals surface area contributed by atoms with Gasteiger partial charge in [-0.3, -0.25) is 4.79 Å². The summed E-state index contributed by atoms with van der Waals surface area (Å²) in [7, 11) is 0. The van der Waals surface area contributed by atoms with Gasteiger partial charge in [-0.15, -0.1) is 0 Å². The number of carbonyl (C=O) groups excluding carboxylic acids is 1. The molecule has 0 spiro atoms. The van der Waals surface area contributed by atoms with Gasteiger partial charge in [0.05, 0.1) is 5.69 Å². The first-order chi connectivity index (χ1) is 10.6. The fourth-order valence-electron chi connectivity index (χ4n) is 1.80. The van der Waals surface area contributed by atoms with Crippen molar-refractivity contribution in [3.63, 3.8) is 0 Å². The molecule has 2 rings (SSSR count). The lowest BCUT2D eigenvalue weighted by molar-refractivity contribution is -0.116. The first-order valence-corrected chi connectivity index (χ1v) is 7.69. The molecule has 0 atom stereocenters. The number of aromatic carboxylic acids is 1. The molecule has 0 aliphatic heterocycles. The third-order valence-electron chi connectivity index (χ3n) is 2.80. The number of nitrogens with zero attached hydrogens (tertiary/aromatic N) is 1. The van der Waals surface area contributed by atoms with E-state index < -0.39 is 5.97 Å². The van der Waals surface area contributed by atoms with Gasteiger partial charge in [0.15, 0.2) is 5.13 Å². The van der Waals surface area contributed by atoms with Crippen molar-refractivity contribution in [2.45, 2.75) is 19.8 Å². The van der Waals surface area contributed by atoms with Crippen LogP contribution in [0, 0.1) is 0 Å². The summed E-state index contributed by atoms with van der Waals surface area (Å²) in [6.45, 7) is 1.90. The molecule has 1 amide bonds. The second-order valence-corrected chi connectivity index (χ2v) is 5.58. The van der Waals surface area contributed by atoms with E-state index in [-0.39, 0.29) is 10.8 Å². The summed E-state index contributed by atoms with van der Waals surface area (Å²) >= 11 is 0.963. The Morgan fingerprint density at radius 1 is 1.27 bits per heavy atom. The van der Waals surface area contributed by atoms with Gasteiger partial charge >= 0.3 is 5.97 Å². The van der Waals surface area contributed by atoms with Crippen LogP contribution in [0.5, 0.6) is 0 Å². The van der Waals surface area contributed by atoms with Crippen molar-refractivity contribution in [3.8, 4) is 0 Å². The third-order valence-corrected chi connectivity index (χ3v) is 3.78. The maximum absolute atomic E-state index is 11.6. The highest BCUT2D eigenvalue weighted by Crippen LogP contribution is 2.25. The van der Waals surface area contributed by atoms with E-state index in [2.05, 4.69) is 10.3 Å². The van der Waals surface area contributed by atoms with E-state index in [1.807, 2.05) is 37.3 Å². The molecule has 0 aliphatic rings. The van der Waals surface area contributed by atoms with Crippen LogP contribution in [0.3, 0.4) is 0 Å². The summed E-state index contributed by atoms with van der Waals surface area (Å²) in [5.41, 5.74) is 1.29. The molecule has 0 saturated carbocycles. The number of carbonyl (C=O) groups is 2. The summed E-state index contributed by atoms with van der Waals surface area (Å²) < 4.78 is 0. The van der Waals surface area contributed by atoms with Gasteiger partial charge in [-0.05, 0) is 18.1 Å². The van der Waals surface area contributed by atoms with Gasteiger partial charge in [-0.1, -0.05) is 54.7 Å². The lowest BCUT2D eigenvalue weighted by Gasteiger charge is -1.97. The standard InChI is InChI=1S/C16H16N2O3S/c1-2-6-13(19)18-16-17-12(14(22-16)15(20)21)10-9-11-7-4-3-5-8-11/h3-5,7-10H,2,6H2,1H3,(H,20,21)(H,17,18,19)/b10-9+. The Bertz CT molecular complexity index is 693. The van der Waals surface area contributed by atoms with Crippen molar-refractivity contribution in [2.24, 2.45) is 0 Å². The van der Waals surface area contributed by atoms with Crippen molar-refractivity contribution in [1.29, 1.82) is 0 Å². The van der Waals surface area contributed by atoms with E-state index in [1.165, 1.54) is 0 Å². The van der Waals surface area contributed by atoms with E-state index >= 15 is 0 Å². The van der Waals surface area contributed by atoms with Crippen LogP contribution in [0.2, 0.25) is 0 Å². The maximum atomic E-state index is 11.6. The number of thiazole rings is 1. The molecule has 0 saturated heterocycles. The number of carboxylic acids is 1. The first kappa shape index (κ1) is 15.9. The summed E-state index contributed by atoms with van der Waals surface area (Å²) in [5.74, 6) is -1.21. The Labute approximate surface area is 132 Å². The molecule has 114 valence electrons. The van der Waals surface area contributed by atoms with Gasteiger partial charge in [0.1, 0.15) is 4.88 Å². The predicted octanol–water partition coefficient (Wildman–Crippen LogP) is 3.75. The number of anilines is 1. The number of hydrogen-bond donors (Lipinski definition) is 2. The topological polar surface area (TPSA) is 79.3 Å². The van der Waals surface area contributed by atoms with E-state index in [0.717, 1.165) is 23.3 Å². The Morgan fingerprint density at radius 2 is 2.00 bits per heavy atom. The zero-order valence-electron chi connectivity index (χ0n) is 12.1. The zero-order valence-corrected chi connectivity index (χ0v) is 12.9. The summed E-state index contributed by atoms with van der Waals surface area (Å²) in [4.78, 5) is 27.2. The normalized spacial score (nSPS) is 10.8. The van der Waals surface area contributed by atoms with Crippen molar-refractivity contribution in [1.82, 2.24) is 4.98 Å². The van der Waals surface area contributed by atoms with Crippen LogP contribution in [-0.2, 0) is 4.79 Å². The number of rotatable bonds is 6. The summed E-state index contributed by atoms with van der Waals surface area (Å²) in [6, 6.07) is 9.52. The van der Waals surface area contributed by atoms with E-state index in [9.17, 15) is 14.7 Å². The van der Waals surface area contributed by atoms with Crippen LogP contribution in [0.4, 0.5) is 5.13 Å². The molecule has 1 heterocycles. The molecule has 2 aromatic rings. The molecule has 0 unspecified atom stereocenters. The van der Waals surface area contributed by atoms with Crippen molar-refractivity contribution in [3.05, 3.63) is 46.5 Å². The van der Waals surface area contributed by atoms with Gasteiger partial charge in [0.25, 0.3) is 0 Å². The van der Waals surface area contributed by atoms with Crippen LogP contribution in [-0.4, -0.2) is 22.0 Å². The van der Waals surface area contributed by atoms with Crippen molar-refractivity contribution < 1.29 is 14.7 Å². The van der Waals surface area contributed by atoms with Gasteiger partial charge in [0.2, 0.25) is 5.91 Å². The number of nitrogens with one attached hydrogen (secondary N) is 1. The SMILES string of the molecule is CCCC(=O)Nc1nc(/C=C/c2ccccc2)c(C(=O)O)s1. The Kier molecular flexibility index (Phi) is 5.43. The van der Waals surface area contributed by atoms with E-state index in [0.29, 0.717) is 17.2 Å². The van der Waals surface area contributed by atoms with Crippen LogP contribution < -0.4 is 5.32 Å². The lowest BCUT2D eigenvalue weighted by Crippen LogP contribution is -2.10. The maximum Gasteiger partial charge on any atom is 0.348 e. The fourth-order valence-corrected chi connectivity index (χ4v) is 2.61. The van der Waals surface area contributed by atoms with Crippen LogP contribution in [0.15, 0.2) is 30.3 Å². The molecule has 22 heavy (non-hydrogen) atoms. The van der Waals surface area contributed by atoms with Crippen molar-refractivity contribution in [2.75, 3.05) is 5.32 Å². The second kappa shape index (κ2) is 7.51. The van der Waals surface area contributed by atoms with Gasteiger partial charge in [-0.25, -0.2) is 9.78 Å². The average molecular weight is 316 g/mol. The number of hydrogen-bond acceptors (Lipinski definition) is 4. The zero-order chi connectivity index (χ0) is 15.9. The molecular formula is C16H16N2O3S. The Morgan fingerprint density at radius 3 is 2.64 bits per heavy atom. The number of amides is 1. The minimum absolute atomic E-state index is 0.110. The van der Waals surface area contributed by atoms with Crippen LogP contribution in [0.25, 0.3) is 12.2 Å². The molecule has 0 fully saturated rings. The predicted molar refractivity (Wildman–Crippen MR) is 88.0 cm³/mol. The number of carboxylic acid groups (broad SMARTS) is 1. The first-order valence-electron chi connectivity index (χ1n) is 6.87. The minimum Gasteiger partial charge on any atom is -0.477 e. The molecule has 1 aromatic carbocycles. The number of aromatic nitrogens is 1. The Hall–Kier alpha value is -2.47. The quantitative estimate of drug-likeness (QED) is 0.850. The lowest BCUT2D eigenvalue weighted by atomic mass is 10.2. The molecule has 2 N–H and O–H groups in total. The van der Waals surface area contributed by atoms with Gasteiger partial charge in [-0.2, -0.15) is 0 Å². The minimum atomic E-state index is -1.05. The van der Waals surface area contributed by atoms with E-state index in [1.54, 1.807) is 12.2 Å². The summed E-state index contributed by atoms with van der Waals surface area (Å²) in [6.07, 6.45) is 4.55. The molecule has 1 aromatic heterocycles. The highest BCUT2D eigenvalue weighted by molar-refractivity contribution is 7.17. The van der Waals surface area contributed by atoms with Crippen LogP contribution in [0.1, 0.15) is 40.7 Å². The third kappa shape index (κ3) is 4.26. The smallest absolute Gasteiger partial charge is 0.348 e. The average Bonchev–Trinajstić information content (AvgIpc) is 2.89. The molecule has 0 radical (unpaired) electrons. The fraction of sp³-hybridized carbons (Fsp3) is 0.188. The summed E-state index contributed by atoms with van der Waals surface area (Å²) in [5, 5.41) is 12.2. The molecule has 6 heteroatoms. The Balaban J connectivity index is 2.22.